The first kappa shape index (κ1) is 28.9. The van der Waals surface area contributed by atoms with Gasteiger partial charge in [-0.3, -0.25) is 9.89 Å². The van der Waals surface area contributed by atoms with Gasteiger partial charge >= 0.3 is 5.69 Å². The molecule has 0 spiro atoms. The van der Waals surface area contributed by atoms with Crippen molar-refractivity contribution in [1.82, 2.24) is 30.0 Å². The van der Waals surface area contributed by atoms with Gasteiger partial charge in [0.2, 0.25) is 5.96 Å². The molecule has 2 N–H and O–H groups in total. The van der Waals surface area contributed by atoms with Crippen LogP contribution in [-0.2, 0) is 11.8 Å². The Balaban J connectivity index is 1.39. The van der Waals surface area contributed by atoms with Gasteiger partial charge in [0.25, 0.3) is 0 Å². The van der Waals surface area contributed by atoms with E-state index in [2.05, 4.69) is 56.4 Å². The molecule has 4 heterocycles. The Bertz CT molecular complexity index is 1410. The van der Waals surface area contributed by atoms with Crippen LogP contribution in [0.3, 0.4) is 0 Å². The Labute approximate surface area is 237 Å². The molecule has 0 bridgehead atoms. The molecule has 0 saturated carbocycles. The summed E-state index contributed by atoms with van der Waals surface area (Å²) >= 11 is 0. The molecule has 2 atom stereocenters. The molecular weight excluding hydrogens is 536 g/mol. The maximum absolute atomic E-state index is 15.3. The van der Waals surface area contributed by atoms with E-state index in [1.54, 1.807) is 0 Å². The minimum atomic E-state index is -0.754. The van der Waals surface area contributed by atoms with Crippen molar-refractivity contribution in [1.29, 1.82) is 0 Å². The maximum atomic E-state index is 15.3. The van der Waals surface area contributed by atoms with E-state index in [9.17, 15) is 9.18 Å². The Hall–Kier alpha value is -3.65. The normalized spacial score (nSPS) is 23.2. The first-order valence-electron chi connectivity index (χ1n) is 13.8. The number of fused-ring (bicyclic) bond motifs is 1. The molecule has 3 aliphatic rings. The standard InChI is InChI=1S/C27H37F2N9O3/c1-16(28)24(31-18-9-19-7-6-8-37(19)27(2,3)12-18)33-25(30-4)32-21-11-22(38-26(39)36(5)34-35-38)23(10-20(21)29)41-15-17-13-40-14-17/h10-11,17-19H,1,6-9,12-15H2,2-5H3,(H2,30,31,32,33)/t18-,19+/m1/s1. The monoisotopic (exact) mass is 573 g/mol. The van der Waals surface area contributed by atoms with Crippen LogP contribution in [0.5, 0.6) is 5.75 Å². The third-order valence-electron chi connectivity index (χ3n) is 7.91. The van der Waals surface area contributed by atoms with Crippen LogP contribution in [0.4, 0.5) is 14.5 Å². The largest absolute Gasteiger partial charge is 0.491 e. The Morgan fingerprint density at radius 2 is 2.10 bits per heavy atom. The summed E-state index contributed by atoms with van der Waals surface area (Å²) in [6, 6.07) is 2.92. The van der Waals surface area contributed by atoms with Crippen molar-refractivity contribution >= 4 is 17.5 Å². The van der Waals surface area contributed by atoms with Crippen LogP contribution in [0.2, 0.25) is 0 Å². The van der Waals surface area contributed by atoms with E-state index in [1.807, 2.05) is 0 Å². The molecule has 1 aromatic heterocycles. The number of tetrazole rings is 1. The molecule has 14 heteroatoms. The van der Waals surface area contributed by atoms with Crippen LogP contribution < -0.4 is 21.1 Å². The van der Waals surface area contributed by atoms with Gasteiger partial charge in [-0.2, -0.15) is 14.4 Å². The predicted molar refractivity (Wildman–Crippen MR) is 151 cm³/mol. The van der Waals surface area contributed by atoms with Gasteiger partial charge in [0.15, 0.2) is 17.5 Å². The number of ether oxygens (including phenoxy) is 2. The lowest BCUT2D eigenvalue weighted by Gasteiger charge is -2.48. The summed E-state index contributed by atoms with van der Waals surface area (Å²) < 4.78 is 43.0. The number of benzene rings is 1. The highest BCUT2D eigenvalue weighted by molar-refractivity contribution is 6.07. The second-order valence-electron chi connectivity index (χ2n) is 11.4. The van der Waals surface area contributed by atoms with Crippen molar-refractivity contribution in [3.05, 3.63) is 40.8 Å². The lowest BCUT2D eigenvalue weighted by atomic mass is 9.84. The molecule has 41 heavy (non-hydrogen) atoms. The lowest BCUT2D eigenvalue weighted by molar-refractivity contribution is -0.0508. The second-order valence-corrected chi connectivity index (χ2v) is 11.4. The zero-order chi connectivity index (χ0) is 29.3. The number of aryl methyl sites for hydroxylation is 1. The quantitative estimate of drug-likeness (QED) is 0.383. The molecule has 3 saturated heterocycles. The molecule has 3 fully saturated rings. The Morgan fingerprint density at radius 3 is 2.73 bits per heavy atom. The molecule has 3 aliphatic heterocycles. The fourth-order valence-electron chi connectivity index (χ4n) is 5.82. The Kier molecular flexibility index (Phi) is 8.23. The zero-order valence-corrected chi connectivity index (χ0v) is 23.9. The summed E-state index contributed by atoms with van der Waals surface area (Å²) in [5.74, 6) is -1.29. The number of nitrogens with zero attached hydrogens (tertiary/aromatic N) is 7. The van der Waals surface area contributed by atoms with Crippen LogP contribution in [0.15, 0.2) is 39.3 Å². The number of amidine groups is 1. The van der Waals surface area contributed by atoms with Gasteiger partial charge in [-0.25, -0.2) is 13.6 Å². The van der Waals surface area contributed by atoms with Gasteiger partial charge in [0.1, 0.15) is 11.4 Å². The molecule has 1 aromatic carbocycles. The molecular formula is C27H37F2N9O3. The van der Waals surface area contributed by atoms with Gasteiger partial charge in [0.05, 0.1) is 25.5 Å². The van der Waals surface area contributed by atoms with E-state index in [4.69, 9.17) is 9.47 Å². The van der Waals surface area contributed by atoms with Crippen LogP contribution >= 0.6 is 0 Å². The van der Waals surface area contributed by atoms with Crippen LogP contribution in [0, 0.1) is 11.7 Å². The highest BCUT2D eigenvalue weighted by Gasteiger charge is 2.43. The van der Waals surface area contributed by atoms with Crippen LogP contribution in [0.1, 0.15) is 39.5 Å². The number of nitrogens with one attached hydrogen (secondary N) is 2. The summed E-state index contributed by atoms with van der Waals surface area (Å²) in [6.07, 6.45) is 3.93. The van der Waals surface area contributed by atoms with E-state index in [0.717, 1.165) is 47.7 Å². The van der Waals surface area contributed by atoms with Gasteiger partial charge in [-0.1, -0.05) is 6.58 Å². The number of hydrogen-bond donors (Lipinski definition) is 2. The number of hydrogen-bond acceptors (Lipinski definition) is 7. The molecule has 0 aliphatic carbocycles. The SMILES string of the molecule is C=C(F)/C(=N\C(=N/C)Nc1cc(-n2nnn(C)c2=O)c(OCC2COC2)cc1F)N[C@@H]1C[C@@H]2CCCN2C(C)(C)C1. The minimum Gasteiger partial charge on any atom is -0.491 e. The van der Waals surface area contributed by atoms with Crippen LogP contribution in [0.25, 0.3) is 5.69 Å². The van der Waals surface area contributed by atoms with Crippen molar-refractivity contribution in [2.45, 2.75) is 57.2 Å². The molecule has 5 rings (SSSR count). The lowest BCUT2D eigenvalue weighted by Crippen LogP contribution is -2.57. The molecule has 12 nitrogen and oxygen atoms in total. The smallest absolute Gasteiger partial charge is 0.368 e. The first-order chi connectivity index (χ1) is 19.6. The minimum absolute atomic E-state index is 0.0157. The Morgan fingerprint density at radius 1 is 1.32 bits per heavy atom. The van der Waals surface area contributed by atoms with Gasteiger partial charge < -0.3 is 20.1 Å². The number of guanidine groups is 1. The summed E-state index contributed by atoms with van der Waals surface area (Å²) in [7, 11) is 2.90. The van der Waals surface area contributed by atoms with Crippen molar-refractivity contribution in [3.63, 3.8) is 0 Å². The van der Waals surface area contributed by atoms with Crippen molar-refractivity contribution < 1.29 is 18.3 Å². The molecule has 222 valence electrons. The number of aromatic nitrogens is 4. The van der Waals surface area contributed by atoms with E-state index in [-0.39, 0.29) is 53.0 Å². The topological polar surface area (TPSA) is 123 Å². The number of aliphatic imine (C=N–C) groups is 2. The summed E-state index contributed by atoms with van der Waals surface area (Å²) in [4.78, 5) is 23.6. The van der Waals surface area contributed by atoms with E-state index in [0.29, 0.717) is 19.3 Å². The van der Waals surface area contributed by atoms with Crippen molar-refractivity contribution in [2.75, 3.05) is 38.7 Å². The highest BCUT2D eigenvalue weighted by atomic mass is 19.1. The average Bonchev–Trinajstić information content (AvgIpc) is 3.50. The maximum Gasteiger partial charge on any atom is 0.368 e. The summed E-state index contributed by atoms with van der Waals surface area (Å²) in [5.41, 5.74) is -0.470. The number of anilines is 1. The third kappa shape index (κ3) is 6.17. The van der Waals surface area contributed by atoms with Crippen LogP contribution in [-0.4, -0.2) is 87.5 Å². The van der Waals surface area contributed by atoms with Gasteiger partial charge in [0, 0.05) is 43.7 Å². The third-order valence-corrected chi connectivity index (χ3v) is 7.91. The van der Waals surface area contributed by atoms with Gasteiger partial charge in [-0.15, -0.1) is 0 Å². The number of piperidine rings is 1. The first-order valence-corrected chi connectivity index (χ1v) is 13.8. The van der Waals surface area contributed by atoms with Gasteiger partial charge in [-0.05, 0) is 62.6 Å². The van der Waals surface area contributed by atoms with Crippen molar-refractivity contribution in [3.8, 4) is 11.4 Å². The number of halogens is 2. The molecule has 0 amide bonds. The van der Waals surface area contributed by atoms with E-state index < -0.39 is 17.3 Å². The van der Waals surface area contributed by atoms with E-state index in [1.165, 1.54) is 20.2 Å². The molecule has 2 aromatic rings. The second kappa shape index (κ2) is 11.7. The zero-order valence-electron chi connectivity index (χ0n) is 23.9. The average molecular weight is 574 g/mol. The van der Waals surface area contributed by atoms with Crippen molar-refractivity contribution in [2.24, 2.45) is 23.0 Å². The predicted octanol–water partition coefficient (Wildman–Crippen LogP) is 2.40. The van der Waals surface area contributed by atoms with E-state index >= 15 is 4.39 Å². The summed E-state index contributed by atoms with van der Waals surface area (Å²) in [5, 5.41) is 13.7. The fourth-order valence-corrected chi connectivity index (χ4v) is 5.82. The highest BCUT2D eigenvalue weighted by Crippen LogP contribution is 2.37. The fraction of sp³-hybridized carbons (Fsp3) is 0.593. The molecule has 0 radical (unpaired) electrons. The number of rotatable bonds is 7. The summed E-state index contributed by atoms with van der Waals surface area (Å²) in [6.45, 7) is 10.3. The molecule has 0 unspecified atom stereocenters.